The van der Waals surface area contributed by atoms with E-state index >= 15 is 0 Å². The molecule has 0 fully saturated rings. The number of benzene rings is 1. The number of hydrogen-bond donors (Lipinski definition) is 0. The lowest BCUT2D eigenvalue weighted by molar-refractivity contribution is 0.722. The van der Waals surface area contributed by atoms with E-state index in [1.807, 2.05) is 0 Å². The van der Waals surface area contributed by atoms with Crippen molar-refractivity contribution in [3.8, 4) is 0 Å². The van der Waals surface area contributed by atoms with Crippen molar-refractivity contribution in [2.75, 3.05) is 0 Å². The molecule has 0 bridgehead atoms. The molecule has 0 saturated carbocycles. The highest BCUT2D eigenvalue weighted by Crippen LogP contribution is 2.23. The van der Waals surface area contributed by atoms with Crippen LogP contribution in [0.5, 0.6) is 0 Å². The number of imidazole rings is 1. The Morgan fingerprint density at radius 2 is 1.73 bits per heavy atom. The SMILES string of the molecule is Cc1cc2nc(C(C)C)n(C)c2cc1C. The Kier molecular flexibility index (Phi) is 2.29. The van der Waals surface area contributed by atoms with E-state index in [0.29, 0.717) is 5.92 Å². The average Bonchev–Trinajstić information content (AvgIpc) is 2.46. The molecule has 0 radical (unpaired) electrons. The van der Waals surface area contributed by atoms with Crippen molar-refractivity contribution in [2.45, 2.75) is 33.6 Å². The summed E-state index contributed by atoms with van der Waals surface area (Å²) in [5, 5.41) is 0. The van der Waals surface area contributed by atoms with Crippen LogP contribution in [0.25, 0.3) is 11.0 Å². The van der Waals surface area contributed by atoms with Crippen LogP contribution in [0.2, 0.25) is 0 Å². The summed E-state index contributed by atoms with van der Waals surface area (Å²) in [6.07, 6.45) is 0. The molecule has 0 atom stereocenters. The van der Waals surface area contributed by atoms with E-state index in [2.05, 4.69) is 56.4 Å². The van der Waals surface area contributed by atoms with Gasteiger partial charge in [0.2, 0.25) is 0 Å². The van der Waals surface area contributed by atoms with Gasteiger partial charge < -0.3 is 4.57 Å². The van der Waals surface area contributed by atoms with Crippen LogP contribution in [0.1, 0.15) is 36.7 Å². The third-order valence-corrected chi connectivity index (χ3v) is 3.05. The molecule has 2 heteroatoms. The summed E-state index contributed by atoms with van der Waals surface area (Å²) in [6, 6.07) is 4.40. The van der Waals surface area contributed by atoms with Crippen molar-refractivity contribution in [3.05, 3.63) is 29.1 Å². The maximum Gasteiger partial charge on any atom is 0.112 e. The number of aryl methyl sites for hydroxylation is 3. The minimum absolute atomic E-state index is 0.475. The molecule has 0 N–H and O–H groups in total. The van der Waals surface area contributed by atoms with E-state index in [1.165, 1.54) is 16.6 Å². The lowest BCUT2D eigenvalue weighted by Gasteiger charge is -2.05. The van der Waals surface area contributed by atoms with Crippen LogP contribution < -0.4 is 0 Å². The second-order valence-corrected chi connectivity index (χ2v) is 4.61. The van der Waals surface area contributed by atoms with E-state index in [-0.39, 0.29) is 0 Å². The molecule has 80 valence electrons. The molecular weight excluding hydrogens is 184 g/mol. The smallest absolute Gasteiger partial charge is 0.112 e. The summed E-state index contributed by atoms with van der Waals surface area (Å²) >= 11 is 0. The number of hydrogen-bond acceptors (Lipinski definition) is 1. The molecule has 2 aromatic rings. The minimum atomic E-state index is 0.475. The van der Waals surface area contributed by atoms with Gasteiger partial charge in [-0.2, -0.15) is 0 Å². The van der Waals surface area contributed by atoms with E-state index in [1.54, 1.807) is 0 Å². The van der Waals surface area contributed by atoms with Crippen LogP contribution in [0.3, 0.4) is 0 Å². The summed E-state index contributed by atoms with van der Waals surface area (Å²) in [5.41, 5.74) is 5.00. The Hall–Kier alpha value is -1.31. The standard InChI is InChI=1S/C13H18N2/c1-8(2)13-14-11-6-9(3)10(4)7-12(11)15(13)5/h6-8H,1-5H3. The fourth-order valence-electron chi connectivity index (χ4n) is 1.98. The van der Waals surface area contributed by atoms with Gasteiger partial charge in [0.05, 0.1) is 11.0 Å². The highest BCUT2D eigenvalue weighted by atomic mass is 15.1. The summed E-state index contributed by atoms with van der Waals surface area (Å²) < 4.78 is 2.20. The van der Waals surface area contributed by atoms with Crippen molar-refractivity contribution in [3.63, 3.8) is 0 Å². The maximum atomic E-state index is 4.68. The van der Waals surface area contributed by atoms with E-state index in [4.69, 9.17) is 0 Å². The molecule has 0 saturated heterocycles. The second kappa shape index (κ2) is 3.37. The zero-order chi connectivity index (χ0) is 11.2. The van der Waals surface area contributed by atoms with Gasteiger partial charge in [0.15, 0.2) is 0 Å². The lowest BCUT2D eigenvalue weighted by atomic mass is 10.1. The third kappa shape index (κ3) is 1.54. The Balaban J connectivity index is 2.77. The Labute approximate surface area is 90.9 Å². The fraction of sp³-hybridized carbons (Fsp3) is 0.462. The molecule has 0 amide bonds. The van der Waals surface area contributed by atoms with Crippen LogP contribution in [0.4, 0.5) is 0 Å². The van der Waals surface area contributed by atoms with Gasteiger partial charge in [0, 0.05) is 13.0 Å². The molecule has 1 aromatic carbocycles. The predicted molar refractivity (Wildman–Crippen MR) is 64.3 cm³/mol. The van der Waals surface area contributed by atoms with E-state index in [9.17, 15) is 0 Å². The highest BCUT2D eigenvalue weighted by molar-refractivity contribution is 5.78. The molecular formula is C13H18N2. The zero-order valence-corrected chi connectivity index (χ0v) is 10.1. The highest BCUT2D eigenvalue weighted by Gasteiger charge is 2.11. The molecule has 2 nitrogen and oxygen atoms in total. The van der Waals surface area contributed by atoms with Gasteiger partial charge in [0.1, 0.15) is 5.82 Å². The first-order chi connectivity index (χ1) is 7.00. The van der Waals surface area contributed by atoms with Gasteiger partial charge in [-0.3, -0.25) is 0 Å². The van der Waals surface area contributed by atoms with Crippen LogP contribution in [-0.2, 0) is 7.05 Å². The van der Waals surface area contributed by atoms with Crippen molar-refractivity contribution >= 4 is 11.0 Å². The summed E-state index contributed by atoms with van der Waals surface area (Å²) in [7, 11) is 2.10. The summed E-state index contributed by atoms with van der Waals surface area (Å²) in [5.74, 6) is 1.64. The van der Waals surface area contributed by atoms with Crippen molar-refractivity contribution < 1.29 is 0 Å². The predicted octanol–water partition coefficient (Wildman–Crippen LogP) is 3.31. The van der Waals surface area contributed by atoms with E-state index < -0.39 is 0 Å². The first kappa shape index (κ1) is 10.2. The van der Waals surface area contributed by atoms with Gasteiger partial charge in [-0.15, -0.1) is 0 Å². The molecule has 0 unspecified atom stereocenters. The molecule has 2 rings (SSSR count). The Morgan fingerprint density at radius 3 is 2.33 bits per heavy atom. The second-order valence-electron chi connectivity index (χ2n) is 4.61. The van der Waals surface area contributed by atoms with Crippen molar-refractivity contribution in [2.24, 2.45) is 7.05 Å². The summed E-state index contributed by atoms with van der Waals surface area (Å²) in [6.45, 7) is 8.65. The topological polar surface area (TPSA) is 17.8 Å². The third-order valence-electron chi connectivity index (χ3n) is 3.05. The number of rotatable bonds is 1. The van der Waals surface area contributed by atoms with Gasteiger partial charge in [0.25, 0.3) is 0 Å². The van der Waals surface area contributed by atoms with Crippen LogP contribution >= 0.6 is 0 Å². The Morgan fingerprint density at radius 1 is 1.13 bits per heavy atom. The number of aromatic nitrogens is 2. The lowest BCUT2D eigenvalue weighted by Crippen LogP contribution is -1.99. The van der Waals surface area contributed by atoms with Gasteiger partial charge >= 0.3 is 0 Å². The zero-order valence-electron chi connectivity index (χ0n) is 10.1. The van der Waals surface area contributed by atoms with Crippen molar-refractivity contribution in [1.82, 2.24) is 9.55 Å². The number of fused-ring (bicyclic) bond motifs is 1. The first-order valence-electron chi connectivity index (χ1n) is 5.44. The largest absolute Gasteiger partial charge is 0.331 e. The molecule has 0 spiro atoms. The van der Waals surface area contributed by atoms with Gasteiger partial charge in [-0.05, 0) is 37.1 Å². The van der Waals surface area contributed by atoms with Crippen LogP contribution in [0.15, 0.2) is 12.1 Å². The molecule has 0 aliphatic rings. The molecule has 1 aromatic heterocycles. The molecule has 0 aliphatic carbocycles. The molecule has 0 aliphatic heterocycles. The molecule has 1 heterocycles. The average molecular weight is 202 g/mol. The quantitative estimate of drug-likeness (QED) is 0.693. The summed E-state index contributed by atoms with van der Waals surface area (Å²) in [4.78, 5) is 4.68. The van der Waals surface area contributed by atoms with Crippen LogP contribution in [0, 0.1) is 13.8 Å². The van der Waals surface area contributed by atoms with Crippen LogP contribution in [-0.4, -0.2) is 9.55 Å². The Bertz CT molecular complexity index is 507. The van der Waals surface area contributed by atoms with E-state index in [0.717, 1.165) is 11.3 Å². The van der Waals surface area contributed by atoms with Gasteiger partial charge in [-0.25, -0.2) is 4.98 Å². The molecule has 15 heavy (non-hydrogen) atoms. The number of nitrogens with zero attached hydrogens (tertiary/aromatic N) is 2. The normalized spacial score (nSPS) is 11.6. The van der Waals surface area contributed by atoms with Gasteiger partial charge in [-0.1, -0.05) is 13.8 Å². The fourth-order valence-corrected chi connectivity index (χ4v) is 1.98. The maximum absolute atomic E-state index is 4.68. The van der Waals surface area contributed by atoms with Crippen molar-refractivity contribution in [1.29, 1.82) is 0 Å². The minimum Gasteiger partial charge on any atom is -0.331 e. The first-order valence-corrected chi connectivity index (χ1v) is 5.44. The monoisotopic (exact) mass is 202 g/mol.